The van der Waals surface area contributed by atoms with E-state index < -0.39 is 26.9 Å². The van der Waals surface area contributed by atoms with Crippen LogP contribution in [0, 0.1) is 10.1 Å². The molecule has 0 aliphatic carbocycles. The summed E-state index contributed by atoms with van der Waals surface area (Å²) in [6, 6.07) is 15.9. The molecule has 1 fully saturated rings. The van der Waals surface area contributed by atoms with Gasteiger partial charge in [0, 0.05) is 30.7 Å². The monoisotopic (exact) mass is 502 g/mol. The first-order chi connectivity index (χ1) is 16.3. The number of nitro benzene ring substituents is 1. The van der Waals surface area contributed by atoms with E-state index in [2.05, 4.69) is 10.6 Å². The summed E-state index contributed by atoms with van der Waals surface area (Å²) in [6.45, 7) is 0.653. The Labute approximate surface area is 201 Å². The van der Waals surface area contributed by atoms with Crippen molar-refractivity contribution in [2.75, 3.05) is 25.0 Å². The van der Waals surface area contributed by atoms with Crippen molar-refractivity contribution in [1.29, 1.82) is 0 Å². The van der Waals surface area contributed by atoms with Crippen molar-refractivity contribution in [2.45, 2.75) is 23.8 Å². The van der Waals surface area contributed by atoms with Gasteiger partial charge in [0.1, 0.15) is 11.7 Å². The van der Waals surface area contributed by atoms with Crippen molar-refractivity contribution in [3.05, 3.63) is 75.8 Å². The van der Waals surface area contributed by atoms with Crippen LogP contribution in [0.4, 0.5) is 11.4 Å². The molecule has 0 saturated carbocycles. The summed E-state index contributed by atoms with van der Waals surface area (Å²) in [5, 5.41) is 18.8. The van der Waals surface area contributed by atoms with Crippen LogP contribution in [0.25, 0.3) is 10.8 Å². The SMILES string of the molecule is O=C(NCCNc1ccc(Cl)cc1[N+](=O)[O-])[C@@H]1CCCN1S(=O)(=O)c1ccc2ccccc2c1. The van der Waals surface area contributed by atoms with Gasteiger partial charge in [-0.1, -0.05) is 41.9 Å². The Kier molecular flexibility index (Phi) is 7.01. The normalized spacial score (nSPS) is 16.4. The summed E-state index contributed by atoms with van der Waals surface area (Å²) in [7, 11) is -3.85. The van der Waals surface area contributed by atoms with Crippen molar-refractivity contribution >= 4 is 49.7 Å². The van der Waals surface area contributed by atoms with Gasteiger partial charge in [0.2, 0.25) is 15.9 Å². The number of nitrogens with zero attached hydrogens (tertiary/aromatic N) is 2. The molecule has 178 valence electrons. The molecule has 9 nitrogen and oxygen atoms in total. The van der Waals surface area contributed by atoms with E-state index in [-0.39, 0.29) is 40.9 Å². The quantitative estimate of drug-likeness (QED) is 0.274. The van der Waals surface area contributed by atoms with Gasteiger partial charge < -0.3 is 10.6 Å². The maximum atomic E-state index is 13.3. The van der Waals surface area contributed by atoms with Crippen LogP contribution in [0.1, 0.15) is 12.8 Å². The summed E-state index contributed by atoms with van der Waals surface area (Å²) in [5.74, 6) is -0.394. The Balaban J connectivity index is 1.40. The number of halogens is 1. The molecule has 11 heteroatoms. The minimum Gasteiger partial charge on any atom is -0.378 e. The second-order valence-corrected chi connectivity index (χ2v) is 10.2. The highest BCUT2D eigenvalue weighted by molar-refractivity contribution is 7.89. The smallest absolute Gasteiger partial charge is 0.293 e. The number of carbonyl (C=O) groups is 1. The van der Waals surface area contributed by atoms with Crippen molar-refractivity contribution in [1.82, 2.24) is 9.62 Å². The lowest BCUT2D eigenvalue weighted by molar-refractivity contribution is -0.383. The van der Waals surface area contributed by atoms with Gasteiger partial charge in [-0.15, -0.1) is 0 Å². The zero-order valence-electron chi connectivity index (χ0n) is 18.1. The van der Waals surface area contributed by atoms with Crippen LogP contribution in [0.2, 0.25) is 5.02 Å². The van der Waals surface area contributed by atoms with E-state index in [1.807, 2.05) is 24.3 Å². The number of nitrogens with one attached hydrogen (secondary N) is 2. The maximum absolute atomic E-state index is 13.3. The average molecular weight is 503 g/mol. The number of sulfonamides is 1. The number of fused-ring (bicyclic) bond motifs is 1. The van der Waals surface area contributed by atoms with Gasteiger partial charge in [-0.25, -0.2) is 8.42 Å². The first-order valence-electron chi connectivity index (χ1n) is 10.7. The average Bonchev–Trinajstić information content (AvgIpc) is 3.33. The van der Waals surface area contributed by atoms with Crippen LogP contribution in [-0.2, 0) is 14.8 Å². The van der Waals surface area contributed by atoms with E-state index in [1.165, 1.54) is 22.5 Å². The molecule has 1 aliphatic rings. The lowest BCUT2D eigenvalue weighted by atomic mass is 10.1. The van der Waals surface area contributed by atoms with Crippen LogP contribution >= 0.6 is 11.6 Å². The maximum Gasteiger partial charge on any atom is 0.293 e. The van der Waals surface area contributed by atoms with Gasteiger partial charge in [0.25, 0.3) is 5.69 Å². The molecule has 1 saturated heterocycles. The van der Waals surface area contributed by atoms with Gasteiger partial charge in [-0.2, -0.15) is 4.31 Å². The Bertz CT molecular complexity index is 1350. The van der Waals surface area contributed by atoms with Crippen LogP contribution in [0.5, 0.6) is 0 Å². The van der Waals surface area contributed by atoms with Crippen molar-refractivity contribution in [3.8, 4) is 0 Å². The molecule has 0 bridgehead atoms. The summed E-state index contributed by atoms with van der Waals surface area (Å²) in [4.78, 5) is 23.6. The minimum atomic E-state index is -3.85. The van der Waals surface area contributed by atoms with Crippen LogP contribution in [0.15, 0.2) is 65.6 Å². The van der Waals surface area contributed by atoms with E-state index in [0.717, 1.165) is 10.8 Å². The summed E-state index contributed by atoms with van der Waals surface area (Å²) in [5.41, 5.74) is 0.118. The molecular formula is C23H23ClN4O5S. The third-order valence-electron chi connectivity index (χ3n) is 5.73. The zero-order chi connectivity index (χ0) is 24.3. The third kappa shape index (κ3) is 4.98. The molecule has 3 aromatic rings. The molecule has 0 radical (unpaired) electrons. The Morgan fingerprint density at radius 3 is 2.62 bits per heavy atom. The number of amides is 1. The number of benzene rings is 3. The molecule has 0 spiro atoms. The number of anilines is 1. The number of hydrogen-bond acceptors (Lipinski definition) is 6. The lowest BCUT2D eigenvalue weighted by Gasteiger charge is -2.23. The Hall–Kier alpha value is -3.21. The fraction of sp³-hybridized carbons (Fsp3) is 0.261. The molecule has 2 N–H and O–H groups in total. The van der Waals surface area contributed by atoms with Crippen LogP contribution in [-0.4, -0.2) is 49.2 Å². The standard InChI is InChI=1S/C23H23ClN4O5S/c24-18-8-10-20(22(15-18)28(30)31)25-11-12-26-23(29)21-6-3-13-27(21)34(32,33)19-9-7-16-4-1-2-5-17(16)14-19/h1-2,4-5,7-10,14-15,21,25H,3,6,11-13H2,(H,26,29)/t21-/m0/s1. The molecule has 1 heterocycles. The molecular weight excluding hydrogens is 480 g/mol. The lowest BCUT2D eigenvalue weighted by Crippen LogP contribution is -2.46. The van der Waals surface area contributed by atoms with Crippen molar-refractivity contribution in [2.24, 2.45) is 0 Å². The predicted molar refractivity (Wildman–Crippen MR) is 130 cm³/mol. The van der Waals surface area contributed by atoms with Gasteiger partial charge in [-0.05, 0) is 47.9 Å². The first-order valence-corrected chi connectivity index (χ1v) is 12.6. The number of rotatable bonds is 8. The highest BCUT2D eigenvalue weighted by Gasteiger charge is 2.39. The van der Waals surface area contributed by atoms with Gasteiger partial charge >= 0.3 is 0 Å². The molecule has 3 aromatic carbocycles. The molecule has 0 unspecified atom stereocenters. The molecule has 1 amide bonds. The fourth-order valence-electron chi connectivity index (χ4n) is 4.06. The highest BCUT2D eigenvalue weighted by Crippen LogP contribution is 2.29. The van der Waals surface area contributed by atoms with E-state index in [1.54, 1.807) is 18.2 Å². The minimum absolute atomic E-state index is 0.155. The second kappa shape index (κ2) is 9.96. The summed E-state index contributed by atoms with van der Waals surface area (Å²) < 4.78 is 27.8. The topological polar surface area (TPSA) is 122 Å². The fourth-order valence-corrected chi connectivity index (χ4v) is 5.92. The number of hydrogen-bond donors (Lipinski definition) is 2. The Morgan fingerprint density at radius 2 is 1.85 bits per heavy atom. The van der Waals surface area contributed by atoms with Gasteiger partial charge in [0.05, 0.1) is 9.82 Å². The molecule has 34 heavy (non-hydrogen) atoms. The van der Waals surface area contributed by atoms with E-state index in [0.29, 0.717) is 12.8 Å². The van der Waals surface area contributed by atoms with Crippen molar-refractivity contribution < 1.29 is 18.1 Å². The van der Waals surface area contributed by atoms with E-state index in [9.17, 15) is 23.3 Å². The van der Waals surface area contributed by atoms with E-state index in [4.69, 9.17) is 11.6 Å². The molecule has 1 aliphatic heterocycles. The molecule has 0 aromatic heterocycles. The first kappa shape index (κ1) is 23.9. The van der Waals surface area contributed by atoms with Crippen LogP contribution < -0.4 is 10.6 Å². The number of carbonyl (C=O) groups excluding carboxylic acids is 1. The second-order valence-electron chi connectivity index (χ2n) is 7.92. The van der Waals surface area contributed by atoms with E-state index >= 15 is 0 Å². The van der Waals surface area contributed by atoms with Crippen LogP contribution in [0.3, 0.4) is 0 Å². The summed E-state index contributed by atoms with van der Waals surface area (Å²) >= 11 is 5.82. The largest absolute Gasteiger partial charge is 0.378 e. The Morgan fingerprint density at radius 1 is 1.09 bits per heavy atom. The predicted octanol–water partition coefficient (Wildman–Crippen LogP) is 3.78. The van der Waals surface area contributed by atoms with Gasteiger partial charge in [-0.3, -0.25) is 14.9 Å². The molecule has 4 rings (SSSR count). The van der Waals surface area contributed by atoms with Crippen molar-refractivity contribution in [3.63, 3.8) is 0 Å². The zero-order valence-corrected chi connectivity index (χ0v) is 19.7. The highest BCUT2D eigenvalue weighted by atomic mass is 35.5. The third-order valence-corrected chi connectivity index (χ3v) is 7.87. The number of nitro groups is 1. The molecule has 1 atom stereocenters. The van der Waals surface area contributed by atoms with Gasteiger partial charge in [0.15, 0.2) is 0 Å². The summed E-state index contributed by atoms with van der Waals surface area (Å²) in [6.07, 6.45) is 1.01.